The zero-order chi connectivity index (χ0) is 13.7. The summed E-state index contributed by atoms with van der Waals surface area (Å²) in [7, 11) is -2.79. The molecular weight excluding hydrogens is 260 g/mol. The molecule has 1 fully saturated rings. The largest absolute Gasteiger partial charge is 0.329 e. The molecule has 1 saturated heterocycles. The van der Waals surface area contributed by atoms with E-state index < -0.39 is 9.84 Å². The van der Waals surface area contributed by atoms with Crippen LogP contribution in [0.15, 0.2) is 30.3 Å². The minimum Gasteiger partial charge on any atom is -0.329 e. The van der Waals surface area contributed by atoms with Crippen LogP contribution in [0.5, 0.6) is 0 Å². The highest BCUT2D eigenvalue weighted by Crippen LogP contribution is 2.19. The molecule has 0 atom stereocenters. The van der Waals surface area contributed by atoms with E-state index in [1.165, 1.54) is 5.56 Å². The molecule has 5 heteroatoms. The van der Waals surface area contributed by atoms with Gasteiger partial charge >= 0.3 is 0 Å². The molecule has 1 aromatic rings. The Morgan fingerprint density at radius 2 is 1.79 bits per heavy atom. The Labute approximate surface area is 115 Å². The smallest absolute Gasteiger partial charge is 0.150 e. The van der Waals surface area contributed by atoms with Gasteiger partial charge in [-0.05, 0) is 18.4 Å². The van der Waals surface area contributed by atoms with Gasteiger partial charge in [-0.15, -0.1) is 0 Å². The minimum atomic E-state index is -2.79. The lowest BCUT2D eigenvalue weighted by Gasteiger charge is -2.34. The van der Waals surface area contributed by atoms with Crippen molar-refractivity contribution in [2.45, 2.75) is 25.4 Å². The van der Waals surface area contributed by atoms with Crippen molar-refractivity contribution < 1.29 is 8.42 Å². The van der Waals surface area contributed by atoms with E-state index >= 15 is 0 Å². The van der Waals surface area contributed by atoms with Crippen molar-refractivity contribution in [1.29, 1.82) is 0 Å². The quantitative estimate of drug-likeness (QED) is 0.876. The molecule has 1 aliphatic heterocycles. The lowest BCUT2D eigenvalue weighted by molar-refractivity contribution is 0.180. The van der Waals surface area contributed by atoms with Crippen LogP contribution in [0.3, 0.4) is 0 Å². The number of hydrogen-bond acceptors (Lipinski definition) is 4. The zero-order valence-corrected chi connectivity index (χ0v) is 12.0. The topological polar surface area (TPSA) is 63.4 Å². The molecule has 4 nitrogen and oxygen atoms in total. The molecule has 0 aromatic heterocycles. The lowest BCUT2D eigenvalue weighted by atomic mass is 10.1. The predicted molar refractivity (Wildman–Crippen MR) is 77.6 cm³/mol. The van der Waals surface area contributed by atoms with Crippen molar-refractivity contribution in [2.24, 2.45) is 5.73 Å². The van der Waals surface area contributed by atoms with E-state index in [1.54, 1.807) is 0 Å². The van der Waals surface area contributed by atoms with Crippen LogP contribution in [0.1, 0.15) is 18.4 Å². The summed E-state index contributed by atoms with van der Waals surface area (Å²) in [6.07, 6.45) is 1.46. The van der Waals surface area contributed by atoms with E-state index in [-0.39, 0.29) is 0 Å². The van der Waals surface area contributed by atoms with Gasteiger partial charge < -0.3 is 5.73 Å². The minimum absolute atomic E-state index is 0.313. The van der Waals surface area contributed by atoms with E-state index in [4.69, 9.17) is 5.73 Å². The number of benzene rings is 1. The molecule has 0 unspecified atom stereocenters. The zero-order valence-electron chi connectivity index (χ0n) is 11.2. The van der Waals surface area contributed by atoms with Crippen LogP contribution in [-0.4, -0.2) is 44.0 Å². The van der Waals surface area contributed by atoms with Gasteiger partial charge in [-0.3, -0.25) is 4.90 Å². The summed E-state index contributed by atoms with van der Waals surface area (Å²) in [5.41, 5.74) is 6.94. The molecule has 19 heavy (non-hydrogen) atoms. The highest BCUT2D eigenvalue weighted by Gasteiger charge is 2.27. The second kappa shape index (κ2) is 6.50. The molecule has 0 amide bonds. The SMILES string of the molecule is NCCN(Cc1ccccc1)C1CCS(=O)(=O)CC1. The molecule has 1 aromatic carbocycles. The fourth-order valence-corrected chi connectivity index (χ4v) is 4.08. The maximum atomic E-state index is 11.5. The summed E-state index contributed by atoms with van der Waals surface area (Å²) in [6, 6.07) is 10.6. The normalized spacial score (nSPS) is 19.7. The van der Waals surface area contributed by atoms with Crippen LogP contribution in [0.25, 0.3) is 0 Å². The summed E-state index contributed by atoms with van der Waals surface area (Å²) in [5.74, 6) is 0.626. The van der Waals surface area contributed by atoms with E-state index in [0.29, 0.717) is 24.1 Å². The van der Waals surface area contributed by atoms with Gasteiger partial charge in [-0.25, -0.2) is 8.42 Å². The van der Waals surface area contributed by atoms with Gasteiger partial charge in [0.05, 0.1) is 11.5 Å². The van der Waals surface area contributed by atoms with Gasteiger partial charge in [0.25, 0.3) is 0 Å². The molecule has 0 saturated carbocycles. The second-order valence-corrected chi connectivity index (χ2v) is 7.43. The summed E-state index contributed by atoms with van der Waals surface area (Å²) >= 11 is 0. The van der Waals surface area contributed by atoms with Crippen LogP contribution in [0.2, 0.25) is 0 Å². The van der Waals surface area contributed by atoms with Crippen molar-refractivity contribution in [3.63, 3.8) is 0 Å². The third-order valence-corrected chi connectivity index (χ3v) is 5.40. The van der Waals surface area contributed by atoms with Crippen LogP contribution in [-0.2, 0) is 16.4 Å². The Morgan fingerprint density at radius 3 is 2.37 bits per heavy atom. The standard InChI is InChI=1S/C14H22N2O2S/c15-8-9-16(12-13-4-2-1-3-5-13)14-6-10-19(17,18)11-7-14/h1-5,14H,6-12,15H2. The summed E-state index contributed by atoms with van der Waals surface area (Å²) in [5, 5.41) is 0. The molecule has 0 bridgehead atoms. The van der Waals surface area contributed by atoms with Crippen LogP contribution < -0.4 is 5.73 Å². The van der Waals surface area contributed by atoms with E-state index in [2.05, 4.69) is 17.0 Å². The molecule has 0 radical (unpaired) electrons. The van der Waals surface area contributed by atoms with Gasteiger partial charge in [-0.1, -0.05) is 30.3 Å². The average Bonchev–Trinajstić information content (AvgIpc) is 2.39. The molecular formula is C14H22N2O2S. The first-order valence-electron chi connectivity index (χ1n) is 6.79. The third-order valence-electron chi connectivity index (χ3n) is 3.69. The van der Waals surface area contributed by atoms with Crippen molar-refractivity contribution in [3.05, 3.63) is 35.9 Å². The Hall–Kier alpha value is -0.910. The molecule has 1 heterocycles. The predicted octanol–water partition coefficient (Wildman–Crippen LogP) is 1.02. The van der Waals surface area contributed by atoms with Gasteiger partial charge in [0, 0.05) is 25.7 Å². The van der Waals surface area contributed by atoms with Gasteiger partial charge in [0.1, 0.15) is 9.84 Å². The van der Waals surface area contributed by atoms with E-state index in [1.807, 2.05) is 18.2 Å². The third kappa shape index (κ3) is 4.30. The summed E-state index contributed by atoms with van der Waals surface area (Å²) < 4.78 is 23.0. The monoisotopic (exact) mass is 282 g/mol. The fourth-order valence-electron chi connectivity index (χ4n) is 2.62. The van der Waals surface area contributed by atoms with Gasteiger partial charge in [-0.2, -0.15) is 0 Å². The van der Waals surface area contributed by atoms with Crippen LogP contribution in [0.4, 0.5) is 0 Å². The number of nitrogens with two attached hydrogens (primary N) is 1. The maximum Gasteiger partial charge on any atom is 0.150 e. The van der Waals surface area contributed by atoms with Crippen LogP contribution in [0, 0.1) is 0 Å². The summed E-state index contributed by atoms with van der Waals surface area (Å²) in [6.45, 7) is 2.28. The first kappa shape index (κ1) is 14.5. The van der Waals surface area contributed by atoms with Crippen molar-refractivity contribution in [1.82, 2.24) is 4.90 Å². The second-order valence-electron chi connectivity index (χ2n) is 5.13. The van der Waals surface area contributed by atoms with Crippen molar-refractivity contribution in [3.8, 4) is 0 Å². The molecule has 2 rings (SSSR count). The van der Waals surface area contributed by atoms with Crippen molar-refractivity contribution in [2.75, 3.05) is 24.6 Å². The first-order chi connectivity index (χ1) is 9.11. The van der Waals surface area contributed by atoms with Gasteiger partial charge in [0.15, 0.2) is 0 Å². The number of nitrogens with zero attached hydrogens (tertiary/aromatic N) is 1. The molecule has 0 aliphatic carbocycles. The number of hydrogen-bond donors (Lipinski definition) is 1. The van der Waals surface area contributed by atoms with E-state index in [0.717, 1.165) is 25.9 Å². The fraction of sp³-hybridized carbons (Fsp3) is 0.571. The molecule has 1 aliphatic rings. The Kier molecular flexibility index (Phi) is 4.96. The molecule has 0 spiro atoms. The Bertz CT molecular complexity index is 473. The van der Waals surface area contributed by atoms with Crippen molar-refractivity contribution >= 4 is 9.84 Å². The lowest BCUT2D eigenvalue weighted by Crippen LogP contribution is -2.43. The van der Waals surface area contributed by atoms with Gasteiger partial charge in [0.2, 0.25) is 0 Å². The number of rotatable bonds is 5. The highest BCUT2D eigenvalue weighted by atomic mass is 32.2. The number of sulfone groups is 1. The summed E-state index contributed by atoms with van der Waals surface area (Å²) in [4.78, 5) is 2.32. The van der Waals surface area contributed by atoms with Crippen LogP contribution >= 0.6 is 0 Å². The molecule has 106 valence electrons. The van der Waals surface area contributed by atoms with E-state index in [9.17, 15) is 8.42 Å². The highest BCUT2D eigenvalue weighted by molar-refractivity contribution is 7.91. The average molecular weight is 282 g/mol. The Balaban J connectivity index is 2.00. The Morgan fingerprint density at radius 1 is 1.16 bits per heavy atom. The first-order valence-corrected chi connectivity index (χ1v) is 8.61. The maximum absolute atomic E-state index is 11.5. The molecule has 2 N–H and O–H groups in total.